The Morgan fingerprint density at radius 3 is 2.86 bits per heavy atom. The fourth-order valence-corrected chi connectivity index (χ4v) is 3.08. The van der Waals surface area contributed by atoms with E-state index in [0.29, 0.717) is 17.1 Å². The van der Waals surface area contributed by atoms with Gasteiger partial charge in [0.1, 0.15) is 4.47 Å². The molecule has 1 aromatic heterocycles. The summed E-state index contributed by atoms with van der Waals surface area (Å²) in [4.78, 5) is 14.6. The van der Waals surface area contributed by atoms with Gasteiger partial charge in [-0.1, -0.05) is 13.0 Å². The number of likely N-dealkylation sites (tertiary alicyclic amines) is 1. The van der Waals surface area contributed by atoms with Gasteiger partial charge in [-0.25, -0.2) is 4.68 Å². The van der Waals surface area contributed by atoms with Crippen LogP contribution in [-0.4, -0.2) is 40.4 Å². The maximum Gasteiger partial charge on any atom is 0.283 e. The van der Waals surface area contributed by atoms with E-state index >= 15 is 0 Å². The number of hydrogen-bond acceptors (Lipinski definition) is 4. The summed E-state index contributed by atoms with van der Waals surface area (Å²) in [7, 11) is 0. The Bertz CT molecular complexity index is 535. The van der Waals surface area contributed by atoms with E-state index < -0.39 is 0 Å². The van der Waals surface area contributed by atoms with E-state index in [4.69, 9.17) is 0 Å². The predicted octanol–water partition coefficient (Wildman–Crippen LogP) is 2.48. The van der Waals surface area contributed by atoms with E-state index in [0.717, 1.165) is 31.6 Å². The van der Waals surface area contributed by atoms with Gasteiger partial charge in [0.05, 0.1) is 18.4 Å². The molecule has 0 amide bonds. The van der Waals surface area contributed by atoms with E-state index in [1.165, 1.54) is 17.6 Å². The van der Waals surface area contributed by atoms with Crippen LogP contribution in [0.4, 0.5) is 5.69 Å². The summed E-state index contributed by atoms with van der Waals surface area (Å²) >= 11 is 3.38. The fourth-order valence-electron chi connectivity index (χ4n) is 2.66. The number of aromatic nitrogens is 2. The normalized spacial score (nSPS) is 16.9. The van der Waals surface area contributed by atoms with Gasteiger partial charge in [0.15, 0.2) is 0 Å². The maximum absolute atomic E-state index is 12.1. The topological polar surface area (TPSA) is 50.2 Å². The molecule has 0 aromatic carbocycles. The Balaban J connectivity index is 1.99. The molecule has 0 aliphatic carbocycles. The zero-order chi connectivity index (χ0) is 15.2. The molecular weight excluding hydrogens is 332 g/mol. The third-order valence-electron chi connectivity index (χ3n) is 3.77. The van der Waals surface area contributed by atoms with Crippen LogP contribution in [0.5, 0.6) is 0 Å². The highest BCUT2D eigenvalue weighted by atomic mass is 79.9. The summed E-state index contributed by atoms with van der Waals surface area (Å²) in [5, 5.41) is 7.62. The van der Waals surface area contributed by atoms with Gasteiger partial charge in [0.25, 0.3) is 5.56 Å². The second-order valence-corrected chi connectivity index (χ2v) is 6.20. The van der Waals surface area contributed by atoms with Gasteiger partial charge in [-0.15, -0.1) is 6.58 Å². The van der Waals surface area contributed by atoms with Crippen LogP contribution >= 0.6 is 15.9 Å². The lowest BCUT2D eigenvalue weighted by Gasteiger charge is -2.32. The summed E-state index contributed by atoms with van der Waals surface area (Å²) in [6.07, 6.45) is 6.78. The molecule has 1 fully saturated rings. The number of hydrogen-bond donors (Lipinski definition) is 1. The molecule has 0 spiro atoms. The van der Waals surface area contributed by atoms with Crippen molar-refractivity contribution in [2.45, 2.75) is 38.8 Å². The van der Waals surface area contributed by atoms with Crippen molar-refractivity contribution in [2.75, 3.05) is 25.0 Å². The fraction of sp³-hybridized carbons (Fsp3) is 0.600. The number of anilines is 1. The van der Waals surface area contributed by atoms with Gasteiger partial charge in [-0.2, -0.15) is 5.10 Å². The molecule has 0 radical (unpaired) electrons. The van der Waals surface area contributed by atoms with Crippen molar-refractivity contribution in [1.82, 2.24) is 14.7 Å². The summed E-state index contributed by atoms with van der Waals surface area (Å²) in [5.74, 6) is 0. The monoisotopic (exact) mass is 354 g/mol. The van der Waals surface area contributed by atoms with Crippen LogP contribution in [0.15, 0.2) is 28.1 Å². The van der Waals surface area contributed by atoms with E-state index in [1.807, 2.05) is 0 Å². The SMILES string of the molecule is C=CCn1ncc(NC2CCN(CCC)CC2)c(Br)c1=O. The van der Waals surface area contributed by atoms with E-state index in [-0.39, 0.29) is 5.56 Å². The molecule has 2 rings (SSSR count). The maximum atomic E-state index is 12.1. The van der Waals surface area contributed by atoms with Gasteiger partial charge >= 0.3 is 0 Å². The Labute approximate surface area is 134 Å². The Hall–Kier alpha value is -1.14. The number of piperidine rings is 1. The van der Waals surface area contributed by atoms with Crippen molar-refractivity contribution < 1.29 is 0 Å². The average Bonchev–Trinajstić information content (AvgIpc) is 2.49. The van der Waals surface area contributed by atoms with E-state index in [2.05, 4.69) is 44.7 Å². The third-order valence-corrected chi connectivity index (χ3v) is 4.54. The van der Waals surface area contributed by atoms with Gasteiger partial charge in [-0.3, -0.25) is 4.79 Å². The number of allylic oxidation sites excluding steroid dienone is 1. The zero-order valence-corrected chi connectivity index (χ0v) is 14.1. The molecule has 116 valence electrons. The molecule has 1 aromatic rings. The van der Waals surface area contributed by atoms with Crippen LogP contribution in [-0.2, 0) is 6.54 Å². The molecule has 5 nitrogen and oxygen atoms in total. The summed E-state index contributed by atoms with van der Waals surface area (Å²) in [6.45, 7) is 9.67. The van der Waals surface area contributed by atoms with Crippen molar-refractivity contribution in [2.24, 2.45) is 0 Å². The highest BCUT2D eigenvalue weighted by Crippen LogP contribution is 2.21. The Kier molecular flexibility index (Phi) is 5.99. The van der Waals surface area contributed by atoms with Crippen LogP contribution < -0.4 is 10.9 Å². The Morgan fingerprint density at radius 2 is 2.24 bits per heavy atom. The summed E-state index contributed by atoms with van der Waals surface area (Å²) in [5.41, 5.74) is 0.664. The number of halogens is 1. The quantitative estimate of drug-likeness (QED) is 0.797. The average molecular weight is 355 g/mol. The van der Waals surface area contributed by atoms with Crippen LogP contribution in [0.25, 0.3) is 0 Å². The van der Waals surface area contributed by atoms with Gasteiger partial charge < -0.3 is 10.2 Å². The molecule has 0 saturated carbocycles. The molecule has 1 aliphatic rings. The molecule has 0 atom stereocenters. The molecule has 0 unspecified atom stereocenters. The minimum absolute atomic E-state index is 0.122. The largest absolute Gasteiger partial charge is 0.380 e. The van der Waals surface area contributed by atoms with E-state index in [9.17, 15) is 4.79 Å². The zero-order valence-electron chi connectivity index (χ0n) is 12.5. The van der Waals surface area contributed by atoms with Gasteiger partial charge in [-0.05, 0) is 41.7 Å². The Morgan fingerprint density at radius 1 is 1.52 bits per heavy atom. The second-order valence-electron chi connectivity index (χ2n) is 5.41. The van der Waals surface area contributed by atoms with Crippen molar-refractivity contribution in [3.63, 3.8) is 0 Å². The summed E-state index contributed by atoms with van der Waals surface area (Å²) < 4.78 is 1.95. The first kappa shape index (κ1) is 16.2. The molecule has 1 N–H and O–H groups in total. The van der Waals surface area contributed by atoms with Crippen molar-refractivity contribution in [1.29, 1.82) is 0 Å². The van der Waals surface area contributed by atoms with E-state index in [1.54, 1.807) is 12.3 Å². The molecule has 2 heterocycles. The molecule has 0 bridgehead atoms. The lowest BCUT2D eigenvalue weighted by atomic mass is 10.0. The van der Waals surface area contributed by atoms with Crippen molar-refractivity contribution >= 4 is 21.6 Å². The van der Waals surface area contributed by atoms with Crippen LogP contribution in [0.2, 0.25) is 0 Å². The standard InChI is InChI=1S/C15H23BrN4O/c1-3-7-19-9-5-12(6-10-19)18-13-11-17-20(8-4-2)15(21)14(13)16/h4,11-12,18H,2-3,5-10H2,1H3. The molecular formula is C15H23BrN4O. The molecule has 1 aliphatic heterocycles. The minimum atomic E-state index is -0.122. The molecule has 1 saturated heterocycles. The lowest BCUT2D eigenvalue weighted by Crippen LogP contribution is -2.39. The van der Waals surface area contributed by atoms with Crippen LogP contribution in [0, 0.1) is 0 Å². The highest BCUT2D eigenvalue weighted by molar-refractivity contribution is 9.10. The first-order chi connectivity index (χ1) is 10.2. The number of rotatable bonds is 6. The smallest absolute Gasteiger partial charge is 0.283 e. The first-order valence-corrected chi connectivity index (χ1v) is 8.30. The third kappa shape index (κ3) is 4.17. The minimum Gasteiger partial charge on any atom is -0.380 e. The number of nitrogens with zero attached hydrogens (tertiary/aromatic N) is 3. The van der Waals surface area contributed by atoms with Gasteiger partial charge in [0, 0.05) is 19.1 Å². The predicted molar refractivity (Wildman–Crippen MR) is 89.8 cm³/mol. The van der Waals surface area contributed by atoms with Gasteiger partial charge in [0.2, 0.25) is 0 Å². The first-order valence-electron chi connectivity index (χ1n) is 7.51. The highest BCUT2D eigenvalue weighted by Gasteiger charge is 2.19. The number of nitrogens with one attached hydrogen (secondary N) is 1. The van der Waals surface area contributed by atoms with Crippen molar-refractivity contribution in [3.05, 3.63) is 33.7 Å². The van der Waals surface area contributed by atoms with Crippen molar-refractivity contribution in [3.8, 4) is 0 Å². The van der Waals surface area contributed by atoms with Crippen LogP contribution in [0.1, 0.15) is 26.2 Å². The van der Waals surface area contributed by atoms with Crippen LogP contribution in [0.3, 0.4) is 0 Å². The molecule has 21 heavy (non-hydrogen) atoms. The lowest BCUT2D eigenvalue weighted by molar-refractivity contribution is 0.219. The molecule has 6 heteroatoms. The second kappa shape index (κ2) is 7.75. The summed E-state index contributed by atoms with van der Waals surface area (Å²) in [6, 6.07) is 0.408.